The molecule has 0 aliphatic heterocycles. The Hall–Kier alpha value is -0.640. The maximum Gasteiger partial charge on any atom is 0.279 e. The normalized spacial score (nSPS) is 27.9. The lowest BCUT2D eigenvalue weighted by Crippen LogP contribution is -2.43. The molecule has 0 aromatic heterocycles. The molecule has 0 saturated heterocycles. The number of hydrogen-bond acceptors (Lipinski definition) is 3. The molecule has 1 N–H and O–H groups in total. The Morgan fingerprint density at radius 3 is 2.57 bits per heavy atom. The van der Waals surface area contributed by atoms with E-state index in [1.807, 2.05) is 0 Å². The minimum Gasteiger partial charge on any atom is -0.198 e. The Labute approximate surface area is 84.9 Å². The van der Waals surface area contributed by atoms with Crippen LogP contribution in [0.4, 0.5) is 0 Å². The molecule has 0 radical (unpaired) electrons. The van der Waals surface area contributed by atoms with E-state index in [-0.39, 0.29) is 12.0 Å². The third kappa shape index (κ3) is 2.44. The molecular formula is C8H15N3O2S. The number of nitrogens with zero attached hydrogens (tertiary/aromatic N) is 2. The molecule has 0 heterocycles. The second-order valence-corrected chi connectivity index (χ2v) is 5.59. The Morgan fingerprint density at radius 2 is 2.07 bits per heavy atom. The quantitative estimate of drug-likeness (QED) is 0.727. The molecule has 1 aliphatic rings. The van der Waals surface area contributed by atoms with Crippen molar-refractivity contribution in [2.24, 2.45) is 5.92 Å². The van der Waals surface area contributed by atoms with Crippen LogP contribution in [0.1, 0.15) is 19.3 Å². The van der Waals surface area contributed by atoms with Gasteiger partial charge in [-0.05, 0) is 12.8 Å². The van der Waals surface area contributed by atoms with E-state index in [4.69, 9.17) is 5.26 Å². The van der Waals surface area contributed by atoms with Crippen molar-refractivity contribution in [3.63, 3.8) is 0 Å². The Balaban J connectivity index is 2.66. The standard InChI is InChI=1S/C8H15N3O2S/c1-11(2)14(12,13)10-8-5-3-4-7(8)6-9/h7-8,10H,3-5H2,1-2H3. The average molecular weight is 217 g/mol. The summed E-state index contributed by atoms with van der Waals surface area (Å²) in [5.41, 5.74) is 0. The molecule has 2 atom stereocenters. The first-order valence-electron chi connectivity index (χ1n) is 4.57. The third-order valence-electron chi connectivity index (χ3n) is 2.46. The highest BCUT2D eigenvalue weighted by Crippen LogP contribution is 2.25. The van der Waals surface area contributed by atoms with E-state index in [0.717, 1.165) is 23.6 Å². The maximum absolute atomic E-state index is 11.5. The van der Waals surface area contributed by atoms with E-state index in [0.29, 0.717) is 0 Å². The molecule has 6 heteroatoms. The fraction of sp³-hybridized carbons (Fsp3) is 0.875. The zero-order valence-corrected chi connectivity index (χ0v) is 9.21. The van der Waals surface area contributed by atoms with Crippen molar-refractivity contribution in [3.8, 4) is 6.07 Å². The monoisotopic (exact) mass is 217 g/mol. The molecule has 14 heavy (non-hydrogen) atoms. The molecule has 1 rings (SSSR count). The summed E-state index contributed by atoms with van der Waals surface area (Å²) in [7, 11) is -0.451. The summed E-state index contributed by atoms with van der Waals surface area (Å²) in [6.07, 6.45) is 2.46. The van der Waals surface area contributed by atoms with Crippen LogP contribution in [0.5, 0.6) is 0 Å². The first-order valence-corrected chi connectivity index (χ1v) is 6.01. The topological polar surface area (TPSA) is 73.2 Å². The molecule has 5 nitrogen and oxygen atoms in total. The smallest absolute Gasteiger partial charge is 0.198 e. The predicted molar refractivity (Wildman–Crippen MR) is 52.5 cm³/mol. The van der Waals surface area contributed by atoms with Crippen molar-refractivity contribution in [3.05, 3.63) is 0 Å². The summed E-state index contributed by atoms with van der Waals surface area (Å²) in [4.78, 5) is 0. The van der Waals surface area contributed by atoms with Gasteiger partial charge < -0.3 is 0 Å². The maximum atomic E-state index is 11.5. The first kappa shape index (κ1) is 11.4. The minimum atomic E-state index is -3.39. The van der Waals surface area contributed by atoms with Gasteiger partial charge in [0, 0.05) is 20.1 Å². The molecule has 0 amide bonds. The zero-order chi connectivity index (χ0) is 10.8. The number of nitriles is 1. The largest absolute Gasteiger partial charge is 0.279 e. The predicted octanol–water partition coefficient (Wildman–Crippen LogP) is 0.0747. The number of hydrogen-bond donors (Lipinski definition) is 1. The van der Waals surface area contributed by atoms with Crippen molar-refractivity contribution >= 4 is 10.2 Å². The molecular weight excluding hydrogens is 202 g/mol. The fourth-order valence-electron chi connectivity index (χ4n) is 1.55. The van der Waals surface area contributed by atoms with Crippen LogP contribution in [0.15, 0.2) is 0 Å². The summed E-state index contributed by atoms with van der Waals surface area (Å²) in [6.45, 7) is 0. The second kappa shape index (κ2) is 4.26. The van der Waals surface area contributed by atoms with Gasteiger partial charge >= 0.3 is 0 Å². The molecule has 0 aromatic rings. The number of nitrogens with one attached hydrogen (secondary N) is 1. The molecule has 80 valence electrons. The van der Waals surface area contributed by atoms with Crippen molar-refractivity contribution in [2.75, 3.05) is 14.1 Å². The van der Waals surface area contributed by atoms with Crippen LogP contribution < -0.4 is 4.72 Å². The van der Waals surface area contributed by atoms with Crippen LogP contribution >= 0.6 is 0 Å². The molecule has 1 aliphatic carbocycles. The first-order chi connectivity index (χ1) is 6.47. The Kier molecular flexibility index (Phi) is 3.48. The lowest BCUT2D eigenvalue weighted by Gasteiger charge is -2.18. The SMILES string of the molecule is CN(C)S(=O)(=O)NC1CCCC1C#N. The molecule has 1 saturated carbocycles. The van der Waals surface area contributed by atoms with Crippen molar-refractivity contribution in [1.82, 2.24) is 9.03 Å². The summed E-state index contributed by atoms with van der Waals surface area (Å²) in [5, 5.41) is 8.77. The van der Waals surface area contributed by atoms with Crippen LogP contribution in [0.2, 0.25) is 0 Å². The van der Waals surface area contributed by atoms with Crippen LogP contribution in [-0.2, 0) is 10.2 Å². The lowest BCUT2D eigenvalue weighted by molar-refractivity contribution is 0.468. The van der Waals surface area contributed by atoms with Crippen LogP contribution in [0.25, 0.3) is 0 Å². The average Bonchev–Trinajstić information content (AvgIpc) is 2.50. The van der Waals surface area contributed by atoms with Crippen molar-refractivity contribution < 1.29 is 8.42 Å². The van der Waals surface area contributed by atoms with Gasteiger partial charge in [-0.1, -0.05) is 6.42 Å². The minimum absolute atomic E-state index is 0.176. The molecule has 0 spiro atoms. The van der Waals surface area contributed by atoms with E-state index in [2.05, 4.69) is 10.8 Å². The second-order valence-electron chi connectivity index (χ2n) is 3.68. The van der Waals surface area contributed by atoms with Crippen LogP contribution in [0, 0.1) is 17.2 Å². The van der Waals surface area contributed by atoms with Gasteiger partial charge in [-0.25, -0.2) is 0 Å². The van der Waals surface area contributed by atoms with Crippen molar-refractivity contribution in [2.45, 2.75) is 25.3 Å². The highest BCUT2D eigenvalue weighted by molar-refractivity contribution is 7.87. The van der Waals surface area contributed by atoms with Gasteiger partial charge in [-0.3, -0.25) is 0 Å². The van der Waals surface area contributed by atoms with Crippen molar-refractivity contribution in [1.29, 1.82) is 5.26 Å². The Morgan fingerprint density at radius 1 is 1.43 bits per heavy atom. The van der Waals surface area contributed by atoms with Gasteiger partial charge in [0.2, 0.25) is 0 Å². The van der Waals surface area contributed by atoms with Gasteiger partial charge in [0.15, 0.2) is 0 Å². The lowest BCUT2D eigenvalue weighted by atomic mass is 10.1. The fourth-order valence-corrected chi connectivity index (χ4v) is 2.43. The van der Waals surface area contributed by atoms with Crippen LogP contribution in [-0.4, -0.2) is 32.9 Å². The van der Waals surface area contributed by atoms with Gasteiger partial charge in [0.05, 0.1) is 12.0 Å². The van der Waals surface area contributed by atoms with Gasteiger partial charge in [-0.2, -0.15) is 22.7 Å². The van der Waals surface area contributed by atoms with Crippen LogP contribution in [0.3, 0.4) is 0 Å². The summed E-state index contributed by atoms with van der Waals surface area (Å²) < 4.78 is 26.6. The molecule has 2 unspecified atom stereocenters. The molecule has 1 fully saturated rings. The van der Waals surface area contributed by atoms with E-state index in [1.165, 1.54) is 14.1 Å². The highest BCUT2D eigenvalue weighted by Gasteiger charge is 2.31. The number of rotatable bonds is 3. The molecule has 0 aromatic carbocycles. The summed E-state index contributed by atoms with van der Waals surface area (Å²) in [6, 6.07) is 1.91. The summed E-state index contributed by atoms with van der Waals surface area (Å²) in [5.74, 6) is -0.176. The zero-order valence-electron chi connectivity index (χ0n) is 8.40. The summed E-state index contributed by atoms with van der Waals surface area (Å²) >= 11 is 0. The van der Waals surface area contributed by atoms with E-state index >= 15 is 0 Å². The van der Waals surface area contributed by atoms with Gasteiger partial charge in [0.1, 0.15) is 0 Å². The molecule has 0 bridgehead atoms. The van der Waals surface area contributed by atoms with Gasteiger partial charge in [-0.15, -0.1) is 0 Å². The van der Waals surface area contributed by atoms with E-state index in [1.54, 1.807) is 0 Å². The highest BCUT2D eigenvalue weighted by atomic mass is 32.2. The van der Waals surface area contributed by atoms with E-state index in [9.17, 15) is 8.42 Å². The third-order valence-corrected chi connectivity index (χ3v) is 4.02. The van der Waals surface area contributed by atoms with E-state index < -0.39 is 10.2 Å². The van der Waals surface area contributed by atoms with Gasteiger partial charge in [0.25, 0.3) is 10.2 Å². The Bertz CT molecular complexity index is 331.